The van der Waals surface area contributed by atoms with Gasteiger partial charge in [-0.1, -0.05) is 6.07 Å². The van der Waals surface area contributed by atoms with E-state index >= 15 is 0 Å². The molecule has 6 heteroatoms. The Kier molecular flexibility index (Phi) is 2.45. The largest absolute Gasteiger partial charge is 0.360 e. The van der Waals surface area contributed by atoms with E-state index in [1.165, 1.54) is 27.2 Å². The fourth-order valence-corrected chi connectivity index (χ4v) is 6.32. The maximum atomic E-state index is 5.99. The van der Waals surface area contributed by atoms with Crippen LogP contribution in [0.3, 0.4) is 0 Å². The molecule has 1 aromatic carbocycles. The van der Waals surface area contributed by atoms with E-state index in [0.717, 1.165) is 6.42 Å². The molecule has 4 aliphatic rings. The summed E-state index contributed by atoms with van der Waals surface area (Å²) < 4.78 is 11.9. The molecule has 2 saturated heterocycles. The molecule has 4 unspecified atom stereocenters. The molecule has 19 heavy (non-hydrogen) atoms. The maximum absolute atomic E-state index is 5.99. The Morgan fingerprint density at radius 2 is 2.21 bits per heavy atom. The van der Waals surface area contributed by atoms with Crippen molar-refractivity contribution in [2.75, 3.05) is 0 Å². The average molecular weight is 420 g/mol. The van der Waals surface area contributed by atoms with Gasteiger partial charge in [-0.25, -0.2) is 0 Å². The molecule has 1 aromatic rings. The molecule has 0 radical (unpaired) electrons. The smallest absolute Gasteiger partial charge is 0.183 e. The number of epoxide rings is 2. The predicted octanol–water partition coefficient (Wildman–Crippen LogP) is 4.32. The van der Waals surface area contributed by atoms with E-state index in [1.807, 2.05) is 0 Å². The van der Waals surface area contributed by atoms with Crippen LogP contribution in [-0.4, -0.2) is 23.2 Å². The Labute approximate surface area is 134 Å². The van der Waals surface area contributed by atoms with Crippen LogP contribution in [0.1, 0.15) is 11.1 Å². The first-order chi connectivity index (χ1) is 9.28. The molecular weight excluding hydrogens is 412 g/mol. The van der Waals surface area contributed by atoms with Crippen LogP contribution in [0.5, 0.6) is 0 Å². The Morgan fingerprint density at radius 1 is 1.32 bits per heavy atom. The third kappa shape index (κ3) is 1.43. The molecule has 2 nitrogen and oxygen atoms in total. The van der Waals surface area contributed by atoms with Crippen molar-refractivity contribution < 1.29 is 9.47 Å². The fourth-order valence-electron chi connectivity index (χ4n) is 3.49. The quantitative estimate of drug-likeness (QED) is 0.666. The van der Waals surface area contributed by atoms with Crippen LogP contribution in [0.2, 0.25) is 0 Å². The first-order valence-corrected chi connectivity index (χ1v) is 11.4. The highest BCUT2D eigenvalue weighted by atomic mass is 79.9. The molecule has 0 spiro atoms. The molecule has 2 aliphatic heterocycles. The first-order valence-electron chi connectivity index (χ1n) is 6.06. The van der Waals surface area contributed by atoms with Crippen molar-refractivity contribution in [3.05, 3.63) is 34.9 Å². The van der Waals surface area contributed by atoms with E-state index in [-0.39, 0.29) is 23.2 Å². The monoisotopic (exact) mass is 418 g/mol. The van der Waals surface area contributed by atoms with Crippen LogP contribution in [0.25, 0.3) is 5.57 Å². The zero-order valence-corrected chi connectivity index (χ0v) is 14.4. The number of ether oxygens (including phenoxy) is 2. The summed E-state index contributed by atoms with van der Waals surface area (Å²) in [6.45, 7) is 0. The van der Waals surface area contributed by atoms with Gasteiger partial charge in [-0.15, -0.1) is 0 Å². The van der Waals surface area contributed by atoms with Gasteiger partial charge in [0.25, 0.3) is 0 Å². The summed E-state index contributed by atoms with van der Waals surface area (Å²) in [6, 6.07) is 6.67. The van der Waals surface area contributed by atoms with E-state index in [1.54, 1.807) is 20.4 Å². The van der Waals surface area contributed by atoms with Crippen LogP contribution in [0.15, 0.2) is 28.7 Å². The van der Waals surface area contributed by atoms with Crippen LogP contribution >= 0.6 is 50.0 Å². The van der Waals surface area contributed by atoms with Gasteiger partial charge in [0.2, 0.25) is 0 Å². The second-order valence-electron chi connectivity index (χ2n) is 5.29. The molecular formula is C13H8Br2O2S2. The molecule has 2 fully saturated rings. The van der Waals surface area contributed by atoms with Gasteiger partial charge in [-0.05, 0) is 90.8 Å². The second kappa shape index (κ2) is 3.84. The van der Waals surface area contributed by atoms with Crippen molar-refractivity contribution in [1.82, 2.24) is 0 Å². The highest BCUT2D eigenvalue weighted by Crippen LogP contribution is 2.68. The lowest BCUT2D eigenvalue weighted by Gasteiger charge is -2.12. The summed E-state index contributed by atoms with van der Waals surface area (Å²) in [6.07, 6.45) is 1.74. The molecule has 2 heterocycles. The number of hydrogen-bond donors (Lipinski definition) is 0. The SMILES string of the molecule is BrSc1ccc2c(c1)CC1=C2C2OC2C2(SBr)OC12. The average Bonchev–Trinajstić information content (AvgIpc) is 3.32. The number of fused-ring (bicyclic) bond motifs is 7. The summed E-state index contributed by atoms with van der Waals surface area (Å²) >= 11 is 6.96. The van der Waals surface area contributed by atoms with Gasteiger partial charge in [0.05, 0.1) is 0 Å². The van der Waals surface area contributed by atoms with E-state index in [2.05, 4.69) is 47.8 Å². The minimum Gasteiger partial charge on any atom is -0.360 e. The Hall–Kier alpha value is 0.540. The van der Waals surface area contributed by atoms with Gasteiger partial charge in [0, 0.05) is 4.90 Å². The molecule has 0 aromatic heterocycles. The summed E-state index contributed by atoms with van der Waals surface area (Å²) in [4.78, 5) is 1.11. The Bertz CT molecular complexity index is 648. The van der Waals surface area contributed by atoms with Gasteiger partial charge in [0.15, 0.2) is 4.93 Å². The van der Waals surface area contributed by atoms with Gasteiger partial charge in [-0.2, -0.15) is 0 Å². The van der Waals surface area contributed by atoms with Crippen molar-refractivity contribution in [3.63, 3.8) is 0 Å². The topological polar surface area (TPSA) is 25.1 Å². The zero-order chi connectivity index (χ0) is 12.8. The first kappa shape index (κ1) is 12.1. The summed E-state index contributed by atoms with van der Waals surface area (Å²) in [5.74, 6) is 0. The highest BCUT2D eigenvalue weighted by Gasteiger charge is 2.76. The van der Waals surface area contributed by atoms with Crippen molar-refractivity contribution in [1.29, 1.82) is 0 Å². The molecule has 0 bridgehead atoms. The van der Waals surface area contributed by atoms with Crippen LogP contribution in [-0.2, 0) is 15.9 Å². The van der Waals surface area contributed by atoms with Crippen LogP contribution < -0.4 is 0 Å². The fraction of sp³-hybridized carbons (Fsp3) is 0.385. The lowest BCUT2D eigenvalue weighted by atomic mass is 9.91. The summed E-state index contributed by atoms with van der Waals surface area (Å²) in [5.41, 5.74) is 5.63. The van der Waals surface area contributed by atoms with Crippen LogP contribution in [0, 0.1) is 0 Å². The van der Waals surface area contributed by atoms with E-state index < -0.39 is 0 Å². The molecule has 2 aliphatic carbocycles. The third-order valence-electron chi connectivity index (χ3n) is 4.40. The number of benzene rings is 1. The molecule has 0 amide bonds. The Morgan fingerprint density at radius 3 is 3.00 bits per heavy atom. The minimum atomic E-state index is -0.140. The predicted molar refractivity (Wildman–Crippen MR) is 84.6 cm³/mol. The molecule has 4 atom stereocenters. The highest BCUT2D eigenvalue weighted by molar-refractivity contribution is 9.50. The summed E-state index contributed by atoms with van der Waals surface area (Å²) in [5, 5.41) is 0. The van der Waals surface area contributed by atoms with Crippen molar-refractivity contribution >= 4 is 55.6 Å². The van der Waals surface area contributed by atoms with Crippen molar-refractivity contribution in [3.8, 4) is 0 Å². The lowest BCUT2D eigenvalue weighted by Crippen LogP contribution is -2.24. The van der Waals surface area contributed by atoms with Crippen molar-refractivity contribution in [2.45, 2.75) is 34.6 Å². The molecule has 5 rings (SSSR count). The number of rotatable bonds is 2. The molecule has 98 valence electrons. The number of hydrogen-bond acceptors (Lipinski definition) is 4. The van der Waals surface area contributed by atoms with E-state index in [4.69, 9.17) is 9.47 Å². The Balaban J connectivity index is 1.63. The second-order valence-corrected chi connectivity index (χ2v) is 8.65. The molecule has 0 saturated carbocycles. The van der Waals surface area contributed by atoms with Crippen LogP contribution in [0.4, 0.5) is 0 Å². The lowest BCUT2D eigenvalue weighted by molar-refractivity contribution is 0.296. The summed E-state index contributed by atoms with van der Waals surface area (Å²) in [7, 11) is 3.24. The van der Waals surface area contributed by atoms with Crippen molar-refractivity contribution in [2.24, 2.45) is 0 Å². The normalized spacial score (nSPS) is 40.4. The van der Waals surface area contributed by atoms with E-state index in [9.17, 15) is 0 Å². The minimum absolute atomic E-state index is 0.140. The maximum Gasteiger partial charge on any atom is 0.183 e. The standard InChI is InChI=1S/C13H8Br2O2S2/c14-18-6-1-2-7-5(3-6)4-8-9(7)10-12(16-10)13(19-15)11(8)17-13/h1-3,10-12H,4H2. The third-order valence-corrected chi connectivity index (χ3v) is 8.26. The van der Waals surface area contributed by atoms with Gasteiger partial charge in [0.1, 0.15) is 18.3 Å². The van der Waals surface area contributed by atoms with Gasteiger partial charge < -0.3 is 9.47 Å². The number of halogens is 2. The molecule has 0 N–H and O–H groups in total. The van der Waals surface area contributed by atoms with E-state index in [0.29, 0.717) is 0 Å². The van der Waals surface area contributed by atoms with Gasteiger partial charge >= 0.3 is 0 Å². The van der Waals surface area contributed by atoms with Gasteiger partial charge in [-0.3, -0.25) is 0 Å². The zero-order valence-electron chi connectivity index (χ0n) is 9.56.